The van der Waals surface area contributed by atoms with Gasteiger partial charge in [0.2, 0.25) is 0 Å². The molecule has 1 aliphatic rings. The van der Waals surface area contributed by atoms with Gasteiger partial charge in [-0.1, -0.05) is 6.07 Å². The number of pyridine rings is 1. The van der Waals surface area contributed by atoms with Crippen LogP contribution in [0, 0.1) is 0 Å². The zero-order valence-corrected chi connectivity index (χ0v) is 21.3. The van der Waals surface area contributed by atoms with Crippen molar-refractivity contribution in [2.75, 3.05) is 18.9 Å². The molecule has 4 aromatic heterocycles. The SMILES string of the molecule is CC(=O)OCC(=O)N1CC[C@@H](c2nc3c(-c4ccc(-c5ncc[nH]5)nc4)cnn3c(N)c2C(C)=O)C[C@@H]1C. The third-order valence-electron chi connectivity index (χ3n) is 6.86. The molecule has 12 heteroatoms. The predicted molar refractivity (Wildman–Crippen MR) is 138 cm³/mol. The number of likely N-dealkylation sites (tertiary alicyclic amines) is 1. The Labute approximate surface area is 218 Å². The van der Waals surface area contributed by atoms with E-state index in [4.69, 9.17) is 15.5 Å². The smallest absolute Gasteiger partial charge is 0.303 e. The minimum absolute atomic E-state index is 0.101. The van der Waals surface area contributed by atoms with E-state index < -0.39 is 5.97 Å². The van der Waals surface area contributed by atoms with Crippen LogP contribution in [0.3, 0.4) is 0 Å². The molecule has 0 unspecified atom stereocenters. The fraction of sp³-hybridized carbons (Fsp3) is 0.346. The molecule has 1 aliphatic heterocycles. The number of piperidine rings is 1. The summed E-state index contributed by atoms with van der Waals surface area (Å²) in [6, 6.07) is 3.63. The molecule has 4 aromatic rings. The molecule has 12 nitrogen and oxygen atoms in total. The number of carbonyl (C=O) groups excluding carboxylic acids is 3. The minimum Gasteiger partial charge on any atom is -0.456 e. The summed E-state index contributed by atoms with van der Waals surface area (Å²) in [6.45, 7) is 4.83. The number of nitrogen functional groups attached to an aromatic ring is 1. The molecule has 0 bridgehead atoms. The average Bonchev–Trinajstić information content (AvgIpc) is 3.58. The van der Waals surface area contributed by atoms with E-state index in [2.05, 4.69) is 20.1 Å². The Hall–Kier alpha value is -4.61. The lowest BCUT2D eigenvalue weighted by atomic mass is 9.86. The van der Waals surface area contributed by atoms with Crippen molar-refractivity contribution < 1.29 is 19.1 Å². The van der Waals surface area contributed by atoms with Gasteiger partial charge in [0.05, 0.1) is 17.5 Å². The molecule has 0 spiro atoms. The maximum Gasteiger partial charge on any atom is 0.303 e. The van der Waals surface area contributed by atoms with Crippen LogP contribution in [0.4, 0.5) is 5.82 Å². The van der Waals surface area contributed by atoms with E-state index in [0.717, 1.165) is 11.1 Å². The van der Waals surface area contributed by atoms with Gasteiger partial charge in [-0.2, -0.15) is 9.61 Å². The van der Waals surface area contributed by atoms with Gasteiger partial charge in [-0.3, -0.25) is 19.4 Å². The number of aromatic amines is 1. The van der Waals surface area contributed by atoms with E-state index in [0.29, 0.717) is 47.8 Å². The summed E-state index contributed by atoms with van der Waals surface area (Å²) in [6.07, 6.45) is 7.95. The maximum atomic E-state index is 12.7. The standard InChI is InChI=1S/C26H28N8O4/c1-14-10-17(6-9-33(14)21(37)13-38-16(3)36)23-22(15(2)35)24(27)34-26(32-23)19(12-31-34)18-4-5-20(30-11-18)25-28-7-8-29-25/h4-5,7-8,11-12,14,17H,6,9-10,13,27H2,1-3H3,(H,28,29)/t14-,17+/m0/s1. The third kappa shape index (κ3) is 4.60. The number of imidazole rings is 1. The van der Waals surface area contributed by atoms with Gasteiger partial charge in [0, 0.05) is 55.1 Å². The van der Waals surface area contributed by atoms with E-state index in [1.54, 1.807) is 29.7 Å². The fourth-order valence-electron chi connectivity index (χ4n) is 5.03. The van der Waals surface area contributed by atoms with E-state index in [-0.39, 0.29) is 36.1 Å². The second kappa shape index (κ2) is 10.0. The van der Waals surface area contributed by atoms with Crippen LogP contribution in [-0.4, -0.2) is 71.3 Å². The van der Waals surface area contributed by atoms with Gasteiger partial charge >= 0.3 is 5.97 Å². The number of esters is 1. The molecule has 2 atom stereocenters. The number of hydrogen-bond donors (Lipinski definition) is 2. The van der Waals surface area contributed by atoms with Crippen molar-refractivity contribution in [1.29, 1.82) is 0 Å². The molecular formula is C26H28N8O4. The molecule has 0 aromatic carbocycles. The van der Waals surface area contributed by atoms with Gasteiger partial charge in [-0.05, 0) is 32.8 Å². The number of Topliss-reactive ketones (excluding diaryl/α,β-unsaturated/α-hetero) is 1. The van der Waals surface area contributed by atoms with Gasteiger partial charge in [0.1, 0.15) is 11.5 Å². The highest BCUT2D eigenvalue weighted by Gasteiger charge is 2.34. The summed E-state index contributed by atoms with van der Waals surface area (Å²) in [7, 11) is 0. The number of nitrogens with one attached hydrogen (secondary N) is 1. The third-order valence-corrected chi connectivity index (χ3v) is 6.86. The van der Waals surface area contributed by atoms with E-state index in [1.165, 1.54) is 18.4 Å². The first-order valence-corrected chi connectivity index (χ1v) is 12.3. The second-order valence-corrected chi connectivity index (χ2v) is 9.41. The van der Waals surface area contributed by atoms with Crippen molar-refractivity contribution >= 4 is 29.1 Å². The number of carbonyl (C=O) groups is 3. The summed E-state index contributed by atoms with van der Waals surface area (Å²) in [5.41, 5.74) is 10.2. The second-order valence-electron chi connectivity index (χ2n) is 9.41. The van der Waals surface area contributed by atoms with Crippen LogP contribution in [0.5, 0.6) is 0 Å². The predicted octanol–water partition coefficient (Wildman–Crippen LogP) is 2.62. The number of amides is 1. The zero-order chi connectivity index (χ0) is 27.0. The number of nitrogens with zero attached hydrogens (tertiary/aromatic N) is 6. The van der Waals surface area contributed by atoms with E-state index >= 15 is 0 Å². The Bertz CT molecular complexity index is 1510. The Morgan fingerprint density at radius 2 is 2.00 bits per heavy atom. The number of aromatic nitrogens is 6. The number of ether oxygens (including phenoxy) is 1. The van der Waals surface area contributed by atoms with Crippen LogP contribution in [0.15, 0.2) is 36.9 Å². The average molecular weight is 517 g/mol. The van der Waals surface area contributed by atoms with Gasteiger partial charge in [-0.25, -0.2) is 9.97 Å². The number of nitrogens with two attached hydrogens (primary N) is 1. The molecule has 0 saturated carbocycles. The molecule has 1 amide bonds. The Morgan fingerprint density at radius 3 is 2.63 bits per heavy atom. The number of rotatable bonds is 6. The van der Waals surface area contributed by atoms with Crippen molar-refractivity contribution in [3.05, 3.63) is 48.2 Å². The summed E-state index contributed by atoms with van der Waals surface area (Å²) in [5, 5.41) is 4.42. The fourth-order valence-corrected chi connectivity index (χ4v) is 5.03. The first kappa shape index (κ1) is 25.1. The largest absolute Gasteiger partial charge is 0.456 e. The van der Waals surface area contributed by atoms with E-state index in [9.17, 15) is 14.4 Å². The highest BCUT2D eigenvalue weighted by atomic mass is 16.5. The Kier molecular flexibility index (Phi) is 6.62. The molecule has 0 radical (unpaired) electrons. The number of hydrogen-bond acceptors (Lipinski definition) is 9. The van der Waals surface area contributed by atoms with Gasteiger partial charge in [0.15, 0.2) is 23.9 Å². The first-order valence-electron chi connectivity index (χ1n) is 12.3. The van der Waals surface area contributed by atoms with Gasteiger partial charge in [0.25, 0.3) is 5.91 Å². The van der Waals surface area contributed by atoms with Crippen molar-refractivity contribution in [3.8, 4) is 22.6 Å². The monoisotopic (exact) mass is 516 g/mol. The van der Waals surface area contributed by atoms with Crippen molar-refractivity contribution in [2.24, 2.45) is 0 Å². The lowest BCUT2D eigenvalue weighted by Gasteiger charge is -2.37. The first-order chi connectivity index (χ1) is 18.2. The number of ketones is 1. The van der Waals surface area contributed by atoms with Crippen LogP contribution in [0.2, 0.25) is 0 Å². The number of anilines is 1. The van der Waals surface area contributed by atoms with Crippen LogP contribution >= 0.6 is 0 Å². The minimum atomic E-state index is -0.498. The topological polar surface area (TPSA) is 161 Å². The Balaban J connectivity index is 1.48. The molecule has 196 valence electrons. The molecule has 1 saturated heterocycles. The highest BCUT2D eigenvalue weighted by Crippen LogP contribution is 2.36. The molecule has 3 N–H and O–H groups in total. The summed E-state index contributed by atoms with van der Waals surface area (Å²) >= 11 is 0. The summed E-state index contributed by atoms with van der Waals surface area (Å²) in [4.78, 5) is 54.8. The van der Waals surface area contributed by atoms with Crippen LogP contribution in [0.1, 0.15) is 55.6 Å². The summed E-state index contributed by atoms with van der Waals surface area (Å²) < 4.78 is 6.37. The van der Waals surface area contributed by atoms with Gasteiger partial charge in [-0.15, -0.1) is 0 Å². The summed E-state index contributed by atoms with van der Waals surface area (Å²) in [5.74, 6) is -0.152. The van der Waals surface area contributed by atoms with Crippen molar-refractivity contribution in [1.82, 2.24) is 34.4 Å². The molecule has 0 aliphatic carbocycles. The zero-order valence-electron chi connectivity index (χ0n) is 21.3. The normalized spacial score (nSPS) is 17.5. The van der Waals surface area contributed by atoms with E-state index in [1.807, 2.05) is 19.1 Å². The van der Waals surface area contributed by atoms with Crippen LogP contribution in [0.25, 0.3) is 28.3 Å². The molecule has 5 rings (SSSR count). The Morgan fingerprint density at radius 1 is 1.18 bits per heavy atom. The number of H-pyrrole nitrogens is 1. The van der Waals surface area contributed by atoms with Gasteiger partial charge < -0.3 is 20.4 Å². The quantitative estimate of drug-likeness (QED) is 0.290. The van der Waals surface area contributed by atoms with Crippen molar-refractivity contribution in [3.63, 3.8) is 0 Å². The lowest BCUT2D eigenvalue weighted by Crippen LogP contribution is -2.46. The van der Waals surface area contributed by atoms with Crippen LogP contribution < -0.4 is 5.73 Å². The number of fused-ring (bicyclic) bond motifs is 1. The lowest BCUT2D eigenvalue weighted by molar-refractivity contribution is -0.151. The molecule has 1 fully saturated rings. The molecular weight excluding hydrogens is 488 g/mol. The molecule has 5 heterocycles. The van der Waals surface area contributed by atoms with Crippen molar-refractivity contribution in [2.45, 2.75) is 45.6 Å². The maximum absolute atomic E-state index is 12.7. The highest BCUT2D eigenvalue weighted by molar-refractivity contribution is 6.00. The van der Waals surface area contributed by atoms with Crippen LogP contribution in [-0.2, 0) is 14.3 Å². The molecule has 38 heavy (non-hydrogen) atoms.